The number of pyridine rings is 1. The van der Waals surface area contributed by atoms with E-state index in [-0.39, 0.29) is 31.4 Å². The Morgan fingerprint density at radius 1 is 1.19 bits per heavy atom. The van der Waals surface area contributed by atoms with Gasteiger partial charge in [0.1, 0.15) is 6.61 Å². The summed E-state index contributed by atoms with van der Waals surface area (Å²) in [7, 11) is 0. The van der Waals surface area contributed by atoms with E-state index < -0.39 is 0 Å². The van der Waals surface area contributed by atoms with Crippen molar-refractivity contribution < 1.29 is 14.3 Å². The molecule has 0 fully saturated rings. The number of benzene rings is 1. The van der Waals surface area contributed by atoms with Crippen LogP contribution in [0, 0.1) is 0 Å². The molecular weight excluding hydrogens is 348 g/mol. The van der Waals surface area contributed by atoms with Crippen LogP contribution in [0.2, 0.25) is 0 Å². The minimum Gasteiger partial charge on any atom is -0.461 e. The standard InChI is InChI=1S/C20H20N2O3S/c1-2-15-8-10-21-16-12-17(26-19(15)16)20(24)22-11-9-18(23)25-13-14-6-4-3-5-7-14/h3-8,10,12H,2,9,11,13H2,1H3,(H,22,24). The lowest BCUT2D eigenvalue weighted by molar-refractivity contribution is -0.144. The van der Waals surface area contributed by atoms with Gasteiger partial charge in [-0.15, -0.1) is 11.3 Å². The minimum atomic E-state index is -0.333. The number of thiophene rings is 1. The van der Waals surface area contributed by atoms with E-state index in [4.69, 9.17) is 4.74 Å². The SMILES string of the molecule is CCc1ccnc2cc(C(=O)NCCC(=O)OCc3ccccc3)sc12. The number of nitrogens with zero attached hydrogens (tertiary/aromatic N) is 1. The van der Waals surface area contributed by atoms with Crippen LogP contribution in [0.3, 0.4) is 0 Å². The molecule has 134 valence electrons. The molecule has 0 radical (unpaired) electrons. The van der Waals surface area contributed by atoms with Gasteiger partial charge in [-0.2, -0.15) is 0 Å². The van der Waals surface area contributed by atoms with Gasteiger partial charge in [0.15, 0.2) is 0 Å². The quantitative estimate of drug-likeness (QED) is 0.645. The van der Waals surface area contributed by atoms with Crippen LogP contribution in [-0.2, 0) is 22.6 Å². The predicted octanol–water partition coefficient (Wildman–Crippen LogP) is 3.72. The molecule has 0 atom stereocenters. The van der Waals surface area contributed by atoms with Crippen molar-refractivity contribution in [3.8, 4) is 0 Å². The maximum Gasteiger partial charge on any atom is 0.307 e. The number of rotatable bonds is 7. The van der Waals surface area contributed by atoms with Crippen LogP contribution < -0.4 is 5.32 Å². The Morgan fingerprint density at radius 3 is 2.77 bits per heavy atom. The molecule has 3 rings (SSSR count). The number of hydrogen-bond acceptors (Lipinski definition) is 5. The summed E-state index contributed by atoms with van der Waals surface area (Å²) in [6.45, 7) is 2.57. The van der Waals surface area contributed by atoms with Gasteiger partial charge in [-0.05, 0) is 29.7 Å². The molecule has 0 saturated carbocycles. The summed E-state index contributed by atoms with van der Waals surface area (Å²) in [6.07, 6.45) is 2.80. The monoisotopic (exact) mass is 368 g/mol. The van der Waals surface area contributed by atoms with Crippen LogP contribution in [0.1, 0.15) is 34.1 Å². The highest BCUT2D eigenvalue weighted by Gasteiger charge is 2.13. The molecule has 0 unspecified atom stereocenters. The fraction of sp³-hybridized carbons (Fsp3) is 0.250. The summed E-state index contributed by atoms with van der Waals surface area (Å²) < 4.78 is 6.24. The zero-order chi connectivity index (χ0) is 18.4. The van der Waals surface area contributed by atoms with Gasteiger partial charge < -0.3 is 10.1 Å². The highest BCUT2D eigenvalue weighted by atomic mass is 32.1. The molecule has 0 aliphatic rings. The topological polar surface area (TPSA) is 68.3 Å². The highest BCUT2D eigenvalue weighted by molar-refractivity contribution is 7.21. The van der Waals surface area contributed by atoms with E-state index in [1.807, 2.05) is 36.4 Å². The van der Waals surface area contributed by atoms with Crippen molar-refractivity contribution in [3.05, 3.63) is 64.7 Å². The van der Waals surface area contributed by atoms with Crippen LogP contribution in [0.5, 0.6) is 0 Å². The van der Waals surface area contributed by atoms with Gasteiger partial charge in [0.05, 0.1) is 21.5 Å². The molecule has 0 aliphatic heterocycles. The third-order valence-electron chi connectivity index (χ3n) is 3.96. The van der Waals surface area contributed by atoms with Crippen molar-refractivity contribution in [2.45, 2.75) is 26.4 Å². The average molecular weight is 368 g/mol. The van der Waals surface area contributed by atoms with Gasteiger partial charge in [-0.3, -0.25) is 14.6 Å². The third-order valence-corrected chi connectivity index (χ3v) is 5.15. The summed E-state index contributed by atoms with van der Waals surface area (Å²) in [4.78, 5) is 29.0. The van der Waals surface area contributed by atoms with Crippen LogP contribution in [0.15, 0.2) is 48.7 Å². The second-order valence-electron chi connectivity index (χ2n) is 5.80. The summed E-state index contributed by atoms with van der Waals surface area (Å²) in [5.74, 6) is -0.522. The van der Waals surface area contributed by atoms with E-state index in [0.29, 0.717) is 4.88 Å². The molecule has 1 N–H and O–H groups in total. The summed E-state index contributed by atoms with van der Waals surface area (Å²) >= 11 is 1.43. The van der Waals surface area contributed by atoms with Gasteiger partial charge in [0, 0.05) is 12.7 Å². The zero-order valence-corrected chi connectivity index (χ0v) is 15.3. The maximum atomic E-state index is 12.3. The molecule has 0 bridgehead atoms. The number of carbonyl (C=O) groups excluding carboxylic acids is 2. The van der Waals surface area contributed by atoms with E-state index in [0.717, 1.165) is 22.2 Å². The fourth-order valence-corrected chi connectivity index (χ4v) is 3.67. The smallest absolute Gasteiger partial charge is 0.307 e. The zero-order valence-electron chi connectivity index (χ0n) is 14.5. The van der Waals surface area contributed by atoms with Crippen LogP contribution >= 0.6 is 11.3 Å². The number of aromatic nitrogens is 1. The summed E-state index contributed by atoms with van der Waals surface area (Å²) in [5.41, 5.74) is 2.96. The number of ether oxygens (including phenoxy) is 1. The van der Waals surface area contributed by atoms with Gasteiger partial charge in [0.2, 0.25) is 0 Å². The average Bonchev–Trinajstić information content (AvgIpc) is 3.11. The number of amides is 1. The first kappa shape index (κ1) is 18.1. The van der Waals surface area contributed by atoms with Gasteiger partial charge in [-0.25, -0.2) is 0 Å². The van der Waals surface area contributed by atoms with E-state index in [2.05, 4.69) is 17.2 Å². The minimum absolute atomic E-state index is 0.141. The molecule has 0 spiro atoms. The molecule has 0 saturated heterocycles. The van der Waals surface area contributed by atoms with E-state index in [1.54, 1.807) is 12.3 Å². The summed E-state index contributed by atoms with van der Waals surface area (Å²) in [6, 6.07) is 13.3. The van der Waals surface area contributed by atoms with Crippen LogP contribution in [-0.4, -0.2) is 23.4 Å². The summed E-state index contributed by atoms with van der Waals surface area (Å²) in [5, 5.41) is 2.77. The van der Waals surface area contributed by atoms with Gasteiger partial charge in [0.25, 0.3) is 5.91 Å². The molecule has 1 aromatic carbocycles. The van der Waals surface area contributed by atoms with Crippen molar-refractivity contribution in [1.29, 1.82) is 0 Å². The van der Waals surface area contributed by atoms with Crippen molar-refractivity contribution in [2.75, 3.05) is 6.54 Å². The second kappa shape index (κ2) is 8.58. The van der Waals surface area contributed by atoms with Crippen LogP contribution in [0.4, 0.5) is 0 Å². The largest absolute Gasteiger partial charge is 0.461 e. The molecule has 2 aromatic heterocycles. The van der Waals surface area contributed by atoms with Gasteiger partial charge >= 0.3 is 5.97 Å². The Kier molecular flexibility index (Phi) is 5.96. The second-order valence-corrected chi connectivity index (χ2v) is 6.85. The predicted molar refractivity (Wildman–Crippen MR) is 102 cm³/mol. The number of nitrogens with one attached hydrogen (secondary N) is 1. The number of fused-ring (bicyclic) bond motifs is 1. The molecular formula is C20H20N2O3S. The first-order chi connectivity index (χ1) is 12.7. The number of hydrogen-bond donors (Lipinski definition) is 1. The fourth-order valence-electron chi connectivity index (χ4n) is 2.56. The van der Waals surface area contributed by atoms with Crippen molar-refractivity contribution in [3.63, 3.8) is 0 Å². The third kappa shape index (κ3) is 4.46. The number of aryl methyl sites for hydroxylation is 1. The molecule has 6 heteroatoms. The molecule has 0 aliphatic carbocycles. The molecule has 2 heterocycles. The Morgan fingerprint density at radius 2 is 2.00 bits per heavy atom. The van der Waals surface area contributed by atoms with Crippen molar-refractivity contribution >= 4 is 33.4 Å². The Bertz CT molecular complexity index is 906. The first-order valence-corrected chi connectivity index (χ1v) is 9.34. The molecule has 3 aromatic rings. The van der Waals surface area contributed by atoms with E-state index >= 15 is 0 Å². The molecule has 1 amide bonds. The Hall–Kier alpha value is -2.73. The molecule has 26 heavy (non-hydrogen) atoms. The number of esters is 1. The maximum absolute atomic E-state index is 12.3. The Balaban J connectivity index is 1.49. The van der Waals surface area contributed by atoms with Crippen molar-refractivity contribution in [2.24, 2.45) is 0 Å². The molecule has 5 nitrogen and oxygen atoms in total. The Labute approximate surface area is 156 Å². The first-order valence-electron chi connectivity index (χ1n) is 8.52. The normalized spacial score (nSPS) is 10.7. The highest BCUT2D eigenvalue weighted by Crippen LogP contribution is 2.27. The lowest BCUT2D eigenvalue weighted by Crippen LogP contribution is -2.25. The van der Waals surface area contributed by atoms with E-state index in [9.17, 15) is 9.59 Å². The lowest BCUT2D eigenvalue weighted by atomic mass is 10.2. The van der Waals surface area contributed by atoms with Crippen molar-refractivity contribution in [1.82, 2.24) is 10.3 Å². The van der Waals surface area contributed by atoms with Crippen LogP contribution in [0.25, 0.3) is 10.2 Å². The lowest BCUT2D eigenvalue weighted by Gasteiger charge is -2.05. The number of carbonyl (C=O) groups is 2. The van der Waals surface area contributed by atoms with E-state index in [1.165, 1.54) is 16.9 Å². The van der Waals surface area contributed by atoms with Gasteiger partial charge in [-0.1, -0.05) is 37.3 Å².